The molecule has 15 heavy (non-hydrogen) atoms. The average molecular weight is 216 g/mol. The van der Waals surface area contributed by atoms with Gasteiger partial charge in [-0.3, -0.25) is 0 Å². The fourth-order valence-electron chi connectivity index (χ4n) is 1.53. The first-order valence-corrected chi connectivity index (χ1v) is 5.31. The molecule has 2 heteroatoms. The number of phenols is 1. The van der Waals surface area contributed by atoms with Gasteiger partial charge in [0.05, 0.1) is 5.25 Å². The molecule has 76 valence electrons. The highest BCUT2D eigenvalue weighted by Crippen LogP contribution is 2.33. The van der Waals surface area contributed by atoms with E-state index in [1.807, 2.05) is 48.5 Å². The molecule has 1 N–H and O–H groups in total. The molecule has 0 bridgehead atoms. The Morgan fingerprint density at radius 2 is 1.47 bits per heavy atom. The SMILES string of the molecule is Oc1ccccc1C(S)c1ccccc1. The Balaban J connectivity index is 2.37. The molecule has 0 saturated carbocycles. The van der Waals surface area contributed by atoms with Gasteiger partial charge < -0.3 is 5.11 Å². The summed E-state index contributed by atoms with van der Waals surface area (Å²) in [6.45, 7) is 0. The van der Waals surface area contributed by atoms with Crippen LogP contribution in [0, 0.1) is 0 Å². The summed E-state index contributed by atoms with van der Waals surface area (Å²) in [4.78, 5) is 0. The summed E-state index contributed by atoms with van der Waals surface area (Å²) in [6.07, 6.45) is 0. The van der Waals surface area contributed by atoms with E-state index in [9.17, 15) is 5.11 Å². The van der Waals surface area contributed by atoms with E-state index in [1.165, 1.54) is 0 Å². The minimum absolute atomic E-state index is 0.0765. The Hall–Kier alpha value is -1.41. The van der Waals surface area contributed by atoms with E-state index in [0.29, 0.717) is 5.75 Å². The van der Waals surface area contributed by atoms with Gasteiger partial charge in [-0.15, -0.1) is 0 Å². The first-order valence-electron chi connectivity index (χ1n) is 4.80. The Labute approximate surface area is 94.8 Å². The molecule has 0 heterocycles. The van der Waals surface area contributed by atoms with Crippen LogP contribution in [0.5, 0.6) is 5.75 Å². The molecule has 2 aromatic rings. The number of aromatic hydroxyl groups is 1. The lowest BCUT2D eigenvalue weighted by Crippen LogP contribution is -1.92. The lowest BCUT2D eigenvalue weighted by molar-refractivity contribution is 0.469. The highest BCUT2D eigenvalue weighted by Gasteiger charge is 2.11. The van der Waals surface area contributed by atoms with Crippen LogP contribution >= 0.6 is 12.6 Å². The Morgan fingerprint density at radius 1 is 0.867 bits per heavy atom. The standard InChI is InChI=1S/C13H12OS/c14-12-9-5-4-8-11(12)13(15)10-6-2-1-3-7-10/h1-9,13-15H. The third-order valence-electron chi connectivity index (χ3n) is 2.35. The van der Waals surface area contributed by atoms with Crippen molar-refractivity contribution < 1.29 is 5.11 Å². The molecule has 1 unspecified atom stereocenters. The zero-order chi connectivity index (χ0) is 10.7. The molecule has 0 spiro atoms. The van der Waals surface area contributed by atoms with E-state index in [1.54, 1.807) is 6.07 Å². The summed E-state index contributed by atoms with van der Waals surface area (Å²) >= 11 is 4.52. The van der Waals surface area contributed by atoms with Gasteiger partial charge in [0.15, 0.2) is 0 Å². The molecule has 0 aliphatic carbocycles. The molecule has 0 fully saturated rings. The molecular weight excluding hydrogens is 204 g/mol. The van der Waals surface area contributed by atoms with Crippen molar-refractivity contribution in [3.63, 3.8) is 0 Å². The molecule has 0 radical (unpaired) electrons. The molecule has 2 aromatic carbocycles. The minimum atomic E-state index is -0.0765. The highest BCUT2D eigenvalue weighted by atomic mass is 32.1. The summed E-state index contributed by atoms with van der Waals surface area (Å²) in [5.41, 5.74) is 1.93. The Morgan fingerprint density at radius 3 is 2.13 bits per heavy atom. The van der Waals surface area contributed by atoms with Crippen LogP contribution in [0.15, 0.2) is 54.6 Å². The first kappa shape index (κ1) is 10.1. The molecule has 1 nitrogen and oxygen atoms in total. The van der Waals surface area contributed by atoms with Crippen molar-refractivity contribution in [3.05, 3.63) is 65.7 Å². The summed E-state index contributed by atoms with van der Waals surface area (Å²) in [6, 6.07) is 17.2. The molecular formula is C13H12OS. The van der Waals surface area contributed by atoms with Gasteiger partial charge in [-0.25, -0.2) is 0 Å². The van der Waals surface area contributed by atoms with Gasteiger partial charge in [0.25, 0.3) is 0 Å². The predicted molar refractivity (Wildman–Crippen MR) is 65.4 cm³/mol. The second kappa shape index (κ2) is 4.41. The second-order valence-electron chi connectivity index (χ2n) is 3.37. The van der Waals surface area contributed by atoms with Crippen molar-refractivity contribution in [3.8, 4) is 5.75 Å². The van der Waals surface area contributed by atoms with Crippen LogP contribution in [0.2, 0.25) is 0 Å². The van der Waals surface area contributed by atoms with Crippen LogP contribution in [0.1, 0.15) is 16.4 Å². The Kier molecular flexibility index (Phi) is 2.97. The first-order chi connectivity index (χ1) is 7.29. The van der Waals surface area contributed by atoms with Crippen molar-refractivity contribution in [1.82, 2.24) is 0 Å². The van der Waals surface area contributed by atoms with Gasteiger partial charge in [-0.2, -0.15) is 12.6 Å². The van der Waals surface area contributed by atoms with Crippen LogP contribution in [-0.2, 0) is 0 Å². The normalized spacial score (nSPS) is 12.3. The number of hydrogen-bond acceptors (Lipinski definition) is 2. The maximum Gasteiger partial charge on any atom is 0.120 e. The molecule has 2 rings (SSSR count). The lowest BCUT2D eigenvalue weighted by atomic mass is 10.0. The van der Waals surface area contributed by atoms with E-state index in [2.05, 4.69) is 12.6 Å². The van der Waals surface area contributed by atoms with E-state index < -0.39 is 0 Å². The quantitative estimate of drug-likeness (QED) is 0.737. The lowest BCUT2D eigenvalue weighted by Gasteiger charge is -2.12. The third kappa shape index (κ3) is 2.16. The van der Waals surface area contributed by atoms with Crippen LogP contribution in [0.4, 0.5) is 0 Å². The molecule has 0 saturated heterocycles. The van der Waals surface area contributed by atoms with Gasteiger partial charge in [-0.1, -0.05) is 48.5 Å². The Bertz CT molecular complexity index is 439. The van der Waals surface area contributed by atoms with Gasteiger partial charge in [-0.05, 0) is 11.6 Å². The molecule has 0 aliphatic rings. The summed E-state index contributed by atoms with van der Waals surface area (Å²) in [5.74, 6) is 0.293. The van der Waals surface area contributed by atoms with Crippen molar-refractivity contribution in [2.45, 2.75) is 5.25 Å². The summed E-state index contributed by atoms with van der Waals surface area (Å²) in [7, 11) is 0. The topological polar surface area (TPSA) is 20.2 Å². The fourth-order valence-corrected chi connectivity index (χ4v) is 1.92. The van der Waals surface area contributed by atoms with Crippen LogP contribution in [-0.4, -0.2) is 5.11 Å². The minimum Gasteiger partial charge on any atom is -0.508 e. The molecule has 0 aliphatic heterocycles. The van der Waals surface area contributed by atoms with Crippen LogP contribution in [0.25, 0.3) is 0 Å². The highest BCUT2D eigenvalue weighted by molar-refractivity contribution is 7.80. The number of phenolic OH excluding ortho intramolecular Hbond substituents is 1. The van der Waals surface area contributed by atoms with E-state index in [4.69, 9.17) is 0 Å². The smallest absolute Gasteiger partial charge is 0.120 e. The number of hydrogen-bond donors (Lipinski definition) is 2. The zero-order valence-electron chi connectivity index (χ0n) is 8.17. The van der Waals surface area contributed by atoms with Gasteiger partial charge >= 0.3 is 0 Å². The molecule has 0 amide bonds. The van der Waals surface area contributed by atoms with Crippen LogP contribution < -0.4 is 0 Å². The van der Waals surface area contributed by atoms with Gasteiger partial charge in [0.1, 0.15) is 5.75 Å². The summed E-state index contributed by atoms with van der Waals surface area (Å²) < 4.78 is 0. The van der Waals surface area contributed by atoms with Gasteiger partial charge in [0.2, 0.25) is 0 Å². The van der Waals surface area contributed by atoms with Crippen LogP contribution in [0.3, 0.4) is 0 Å². The van der Waals surface area contributed by atoms with Crippen molar-refractivity contribution in [1.29, 1.82) is 0 Å². The largest absolute Gasteiger partial charge is 0.508 e. The second-order valence-corrected chi connectivity index (χ2v) is 3.89. The van der Waals surface area contributed by atoms with Crippen molar-refractivity contribution in [2.75, 3.05) is 0 Å². The maximum absolute atomic E-state index is 9.69. The van der Waals surface area contributed by atoms with E-state index in [0.717, 1.165) is 11.1 Å². The molecule has 1 atom stereocenters. The molecule has 0 aromatic heterocycles. The third-order valence-corrected chi connectivity index (χ3v) is 2.92. The zero-order valence-corrected chi connectivity index (χ0v) is 9.06. The number of para-hydroxylation sites is 1. The van der Waals surface area contributed by atoms with Crippen molar-refractivity contribution in [2.24, 2.45) is 0 Å². The van der Waals surface area contributed by atoms with Gasteiger partial charge in [0, 0.05) is 5.56 Å². The monoisotopic (exact) mass is 216 g/mol. The van der Waals surface area contributed by atoms with E-state index >= 15 is 0 Å². The maximum atomic E-state index is 9.69. The predicted octanol–water partition coefficient (Wildman–Crippen LogP) is 3.41. The summed E-state index contributed by atoms with van der Waals surface area (Å²) in [5, 5.41) is 9.62. The number of benzene rings is 2. The number of rotatable bonds is 2. The average Bonchev–Trinajstić information content (AvgIpc) is 2.30. The van der Waals surface area contributed by atoms with Crippen molar-refractivity contribution >= 4 is 12.6 Å². The fraction of sp³-hybridized carbons (Fsp3) is 0.0769. The van der Waals surface area contributed by atoms with E-state index in [-0.39, 0.29) is 5.25 Å². The number of thiol groups is 1.